The molecule has 1 heterocycles. The highest BCUT2D eigenvalue weighted by Gasteiger charge is 2.33. The zero-order valence-electron chi connectivity index (χ0n) is 18.3. The minimum Gasteiger partial charge on any atom is -0.347 e. The first-order chi connectivity index (χ1) is 15.6. The van der Waals surface area contributed by atoms with Crippen LogP contribution in [0.5, 0.6) is 0 Å². The fraction of sp³-hybridized carbons (Fsp3) is 0.346. The van der Waals surface area contributed by atoms with Crippen LogP contribution < -0.4 is 10.6 Å². The van der Waals surface area contributed by atoms with Crippen molar-refractivity contribution in [2.24, 2.45) is 13.0 Å². The van der Waals surface area contributed by atoms with Crippen LogP contribution in [0, 0.1) is 17.2 Å². The van der Waals surface area contributed by atoms with E-state index in [1.807, 2.05) is 72.3 Å². The Labute approximate surface area is 188 Å². The number of rotatable bonds is 6. The molecule has 2 amide bonds. The number of amides is 2. The van der Waals surface area contributed by atoms with Crippen molar-refractivity contribution in [1.82, 2.24) is 15.2 Å². The number of nitrogens with one attached hydrogen (secondary N) is 2. The van der Waals surface area contributed by atoms with E-state index in [1.165, 1.54) is 0 Å². The summed E-state index contributed by atoms with van der Waals surface area (Å²) in [6.45, 7) is 0. The van der Waals surface area contributed by atoms with Gasteiger partial charge >= 0.3 is 0 Å². The van der Waals surface area contributed by atoms with E-state index in [-0.39, 0.29) is 23.8 Å². The van der Waals surface area contributed by atoms with Crippen molar-refractivity contribution < 1.29 is 9.59 Å². The van der Waals surface area contributed by atoms with Crippen LogP contribution in [0.1, 0.15) is 41.7 Å². The smallest absolute Gasteiger partial charge is 0.268 e. The fourth-order valence-electron chi connectivity index (χ4n) is 4.62. The van der Waals surface area contributed by atoms with Crippen molar-refractivity contribution in [1.29, 1.82) is 5.26 Å². The van der Waals surface area contributed by atoms with Gasteiger partial charge in [-0.05, 0) is 30.5 Å². The molecule has 0 spiro atoms. The number of para-hydroxylation sites is 1. The molecule has 2 N–H and O–H groups in total. The van der Waals surface area contributed by atoms with Crippen molar-refractivity contribution >= 4 is 22.7 Å². The number of aromatic nitrogens is 1. The van der Waals surface area contributed by atoms with E-state index >= 15 is 0 Å². The molecule has 1 aliphatic carbocycles. The molecule has 3 aromatic rings. The van der Waals surface area contributed by atoms with Crippen LogP contribution in [0.2, 0.25) is 0 Å². The summed E-state index contributed by atoms with van der Waals surface area (Å²) in [5, 5.41) is 16.6. The van der Waals surface area contributed by atoms with Crippen LogP contribution in [0.15, 0.2) is 60.7 Å². The van der Waals surface area contributed by atoms with E-state index in [0.29, 0.717) is 18.5 Å². The average Bonchev–Trinajstić information content (AvgIpc) is 3.16. The molecule has 0 radical (unpaired) electrons. The van der Waals surface area contributed by atoms with Gasteiger partial charge < -0.3 is 15.2 Å². The van der Waals surface area contributed by atoms with Crippen LogP contribution in [0.3, 0.4) is 0 Å². The number of benzene rings is 2. The van der Waals surface area contributed by atoms with Gasteiger partial charge in [-0.25, -0.2) is 0 Å². The summed E-state index contributed by atoms with van der Waals surface area (Å²) < 4.78 is 1.88. The lowest BCUT2D eigenvalue weighted by Gasteiger charge is -2.31. The molecule has 164 valence electrons. The molecular formula is C26H28N4O2. The Morgan fingerprint density at radius 1 is 1.09 bits per heavy atom. The molecular weight excluding hydrogens is 400 g/mol. The number of hydrogen-bond donors (Lipinski definition) is 2. The van der Waals surface area contributed by atoms with Crippen LogP contribution in [-0.2, 0) is 18.3 Å². The second-order valence-electron chi connectivity index (χ2n) is 8.50. The quantitative estimate of drug-likeness (QED) is 0.627. The first kappa shape index (κ1) is 21.6. The number of carbonyl (C=O) groups excluding carboxylic acids is 2. The van der Waals surface area contributed by atoms with E-state index in [9.17, 15) is 14.9 Å². The van der Waals surface area contributed by atoms with Crippen LogP contribution in [0.25, 0.3) is 10.9 Å². The Kier molecular flexibility index (Phi) is 6.55. The molecule has 0 saturated heterocycles. The van der Waals surface area contributed by atoms with Crippen LogP contribution >= 0.6 is 0 Å². The Bertz CT molecular complexity index is 1150. The maximum Gasteiger partial charge on any atom is 0.268 e. The van der Waals surface area contributed by atoms with Crippen molar-refractivity contribution in [3.8, 4) is 6.07 Å². The third-order valence-electron chi connectivity index (χ3n) is 6.36. The van der Waals surface area contributed by atoms with Gasteiger partial charge in [-0.1, -0.05) is 61.4 Å². The second-order valence-corrected chi connectivity index (χ2v) is 8.50. The number of hydrogen-bond acceptors (Lipinski definition) is 3. The first-order valence-corrected chi connectivity index (χ1v) is 11.2. The molecule has 6 heteroatoms. The highest BCUT2D eigenvalue weighted by Crippen LogP contribution is 2.26. The monoisotopic (exact) mass is 428 g/mol. The van der Waals surface area contributed by atoms with Crippen molar-refractivity contribution in [2.45, 2.75) is 44.2 Å². The molecule has 6 nitrogen and oxygen atoms in total. The van der Waals surface area contributed by atoms with Gasteiger partial charge in [0.25, 0.3) is 5.91 Å². The van der Waals surface area contributed by atoms with Crippen molar-refractivity contribution in [3.05, 3.63) is 71.9 Å². The predicted molar refractivity (Wildman–Crippen MR) is 124 cm³/mol. The lowest BCUT2D eigenvalue weighted by atomic mass is 9.83. The molecule has 1 fully saturated rings. The molecule has 32 heavy (non-hydrogen) atoms. The summed E-state index contributed by atoms with van der Waals surface area (Å²) in [6, 6.07) is 20.8. The summed E-state index contributed by atoms with van der Waals surface area (Å²) in [5.74, 6) is -0.668. The Morgan fingerprint density at radius 3 is 2.56 bits per heavy atom. The summed E-state index contributed by atoms with van der Waals surface area (Å²) in [6.07, 6.45) is 3.83. The lowest BCUT2D eigenvalue weighted by molar-refractivity contribution is -0.127. The van der Waals surface area contributed by atoms with Gasteiger partial charge in [0.1, 0.15) is 11.7 Å². The van der Waals surface area contributed by atoms with Crippen LogP contribution in [-0.4, -0.2) is 28.5 Å². The fourth-order valence-corrected chi connectivity index (χ4v) is 4.62. The highest BCUT2D eigenvalue weighted by molar-refractivity contribution is 5.99. The van der Waals surface area contributed by atoms with Gasteiger partial charge in [-0.3, -0.25) is 9.59 Å². The Hall–Kier alpha value is -3.59. The first-order valence-electron chi connectivity index (χ1n) is 11.2. The number of fused-ring (bicyclic) bond motifs is 1. The zero-order chi connectivity index (χ0) is 22.5. The van der Waals surface area contributed by atoms with E-state index in [4.69, 9.17) is 0 Å². The molecule has 2 aromatic carbocycles. The molecule has 4 rings (SSSR count). The standard InChI is InChI=1S/C26H28N4O2/c1-30-23-14-8-5-11-19(23)16-24(30)26(32)29-22-13-7-6-12-21(22)25(31)28-20(17-27)15-18-9-3-2-4-10-18/h2-5,8-11,14,16,20-22H,6-7,12-13,15H2,1H3,(H,28,31)(H,29,32). The van der Waals surface area contributed by atoms with Gasteiger partial charge in [0, 0.05) is 30.4 Å². The SMILES string of the molecule is Cn1c(C(=O)NC2CCCCC2C(=O)NC(C#N)Cc2ccccc2)cc2ccccc21. The molecule has 3 unspecified atom stereocenters. The Balaban J connectivity index is 1.44. The molecule has 1 saturated carbocycles. The van der Waals surface area contributed by atoms with E-state index in [0.717, 1.165) is 35.7 Å². The zero-order valence-corrected chi connectivity index (χ0v) is 18.3. The maximum absolute atomic E-state index is 13.1. The van der Waals surface area contributed by atoms with Gasteiger partial charge in [0.05, 0.1) is 12.0 Å². The number of aryl methyl sites for hydroxylation is 1. The molecule has 1 aliphatic rings. The minimum atomic E-state index is -0.596. The number of nitriles is 1. The summed E-state index contributed by atoms with van der Waals surface area (Å²) in [7, 11) is 1.88. The molecule has 1 aromatic heterocycles. The lowest BCUT2D eigenvalue weighted by Crippen LogP contribution is -2.50. The third kappa shape index (κ3) is 4.67. The van der Waals surface area contributed by atoms with Gasteiger partial charge in [0.15, 0.2) is 0 Å². The predicted octanol–water partition coefficient (Wildman–Crippen LogP) is 3.72. The van der Waals surface area contributed by atoms with Crippen LogP contribution in [0.4, 0.5) is 0 Å². The van der Waals surface area contributed by atoms with E-state index < -0.39 is 6.04 Å². The summed E-state index contributed by atoms with van der Waals surface area (Å²) in [4.78, 5) is 26.2. The number of carbonyl (C=O) groups is 2. The second kappa shape index (κ2) is 9.69. The highest BCUT2D eigenvalue weighted by atomic mass is 16.2. The van der Waals surface area contributed by atoms with Gasteiger partial charge in [-0.2, -0.15) is 5.26 Å². The summed E-state index contributed by atoms with van der Waals surface area (Å²) in [5.41, 5.74) is 2.58. The normalized spacial score (nSPS) is 19.1. The van der Waals surface area contributed by atoms with Crippen molar-refractivity contribution in [3.63, 3.8) is 0 Å². The maximum atomic E-state index is 13.1. The van der Waals surface area contributed by atoms with E-state index in [2.05, 4.69) is 16.7 Å². The summed E-state index contributed by atoms with van der Waals surface area (Å²) >= 11 is 0. The number of nitrogens with zero attached hydrogens (tertiary/aromatic N) is 2. The van der Waals surface area contributed by atoms with E-state index in [1.54, 1.807) is 0 Å². The molecule has 3 atom stereocenters. The minimum absolute atomic E-state index is 0.158. The topological polar surface area (TPSA) is 86.9 Å². The largest absolute Gasteiger partial charge is 0.347 e. The molecule has 0 bridgehead atoms. The van der Waals surface area contributed by atoms with Gasteiger partial charge in [0.2, 0.25) is 5.91 Å². The van der Waals surface area contributed by atoms with Crippen molar-refractivity contribution in [2.75, 3.05) is 0 Å². The third-order valence-corrected chi connectivity index (χ3v) is 6.36. The average molecular weight is 429 g/mol. The van der Waals surface area contributed by atoms with Gasteiger partial charge in [-0.15, -0.1) is 0 Å². The Morgan fingerprint density at radius 2 is 1.81 bits per heavy atom. The molecule has 0 aliphatic heterocycles.